The first kappa shape index (κ1) is 32.9. The van der Waals surface area contributed by atoms with E-state index in [1.54, 1.807) is 0 Å². The van der Waals surface area contributed by atoms with Crippen LogP contribution in [0.5, 0.6) is 0 Å². The van der Waals surface area contributed by atoms with Crippen molar-refractivity contribution < 1.29 is 0 Å². The predicted octanol–water partition coefficient (Wildman–Crippen LogP) is 15.4. The summed E-state index contributed by atoms with van der Waals surface area (Å²) in [5.41, 5.74) is 15.8. The van der Waals surface area contributed by atoms with Crippen molar-refractivity contribution in [2.75, 3.05) is 0 Å². The Balaban J connectivity index is 1.13. The van der Waals surface area contributed by atoms with E-state index in [-0.39, 0.29) is 0 Å². The van der Waals surface area contributed by atoms with E-state index in [1.165, 1.54) is 99.0 Å². The van der Waals surface area contributed by atoms with Gasteiger partial charge in [0, 0.05) is 16.5 Å². The van der Waals surface area contributed by atoms with Crippen LogP contribution in [0.4, 0.5) is 0 Å². The van der Waals surface area contributed by atoms with Crippen LogP contribution in [-0.4, -0.2) is 4.57 Å². The van der Waals surface area contributed by atoms with E-state index in [1.807, 2.05) is 0 Å². The smallest absolute Gasteiger partial charge is 0.0541 e. The van der Waals surface area contributed by atoms with Crippen LogP contribution in [0.3, 0.4) is 0 Å². The van der Waals surface area contributed by atoms with Crippen LogP contribution >= 0.6 is 0 Å². The summed E-state index contributed by atoms with van der Waals surface area (Å²) in [7, 11) is 0. The monoisotopic (exact) mass is 723 g/mol. The Kier molecular flexibility index (Phi) is 7.89. The maximum Gasteiger partial charge on any atom is 0.0541 e. The van der Waals surface area contributed by atoms with E-state index >= 15 is 0 Å². The van der Waals surface area contributed by atoms with Crippen molar-refractivity contribution in [1.29, 1.82) is 0 Å². The van der Waals surface area contributed by atoms with Gasteiger partial charge in [0.05, 0.1) is 11.0 Å². The molecule has 1 heterocycles. The highest BCUT2D eigenvalue weighted by atomic mass is 15.0. The molecule has 0 atom stereocenters. The van der Waals surface area contributed by atoms with Crippen LogP contribution < -0.4 is 0 Å². The topological polar surface area (TPSA) is 4.93 Å². The van der Waals surface area contributed by atoms with Crippen molar-refractivity contribution in [3.63, 3.8) is 0 Å². The lowest BCUT2D eigenvalue weighted by Gasteiger charge is -2.18. The molecule has 10 aromatic carbocycles. The van der Waals surface area contributed by atoms with Gasteiger partial charge in [-0.2, -0.15) is 0 Å². The molecule has 0 aliphatic rings. The molecule has 0 saturated heterocycles. The third-order valence-corrected chi connectivity index (χ3v) is 11.6. The molecular formula is C56H37N. The number of hydrogen-bond acceptors (Lipinski definition) is 0. The van der Waals surface area contributed by atoms with Gasteiger partial charge in [-0.15, -0.1) is 0 Å². The Hall–Kier alpha value is -7.48. The van der Waals surface area contributed by atoms with Gasteiger partial charge in [-0.25, -0.2) is 0 Å². The second-order valence-corrected chi connectivity index (χ2v) is 14.9. The van der Waals surface area contributed by atoms with Gasteiger partial charge in [-0.05, 0) is 120 Å². The van der Waals surface area contributed by atoms with E-state index < -0.39 is 0 Å². The summed E-state index contributed by atoms with van der Waals surface area (Å²) in [6, 6.07) is 81.9. The fourth-order valence-electron chi connectivity index (χ4n) is 8.91. The van der Waals surface area contributed by atoms with Crippen LogP contribution in [0.1, 0.15) is 0 Å². The Bertz CT molecular complexity index is 3230. The van der Waals surface area contributed by atoms with Crippen LogP contribution in [-0.2, 0) is 0 Å². The molecule has 57 heavy (non-hydrogen) atoms. The molecule has 0 bridgehead atoms. The zero-order valence-electron chi connectivity index (χ0n) is 31.3. The average molecular weight is 724 g/mol. The summed E-state index contributed by atoms with van der Waals surface area (Å²) in [5, 5.41) is 7.52. The van der Waals surface area contributed by atoms with E-state index in [0.29, 0.717) is 0 Å². The summed E-state index contributed by atoms with van der Waals surface area (Å²) in [5.74, 6) is 0. The highest BCUT2D eigenvalue weighted by molar-refractivity contribution is 6.22. The minimum absolute atomic E-state index is 1.16. The number of fused-ring (bicyclic) bond motifs is 5. The maximum absolute atomic E-state index is 2.42. The molecule has 0 amide bonds. The number of rotatable bonds is 6. The first-order valence-corrected chi connectivity index (χ1v) is 19.7. The average Bonchev–Trinajstić information content (AvgIpc) is 3.62. The summed E-state index contributed by atoms with van der Waals surface area (Å²) >= 11 is 0. The highest BCUT2D eigenvalue weighted by Crippen LogP contribution is 2.45. The fraction of sp³-hybridized carbons (Fsp3) is 0. The molecule has 0 N–H and O–H groups in total. The van der Waals surface area contributed by atoms with Crippen molar-refractivity contribution >= 4 is 43.4 Å². The van der Waals surface area contributed by atoms with Gasteiger partial charge in [0.25, 0.3) is 0 Å². The number of para-hydroxylation sites is 1. The molecule has 0 saturated carbocycles. The standard InChI is InChI=1S/C56H37N/c1-5-15-38(16-6-1)39-25-27-40(28-26-39)43-30-33-53-50(35-43)51-36-45(31-34-54(51)57(53)46-21-11-4-12-22-46)44-29-32-49-52(37-44)56(42-19-9-3-10-20-42)48-24-14-13-23-47(48)55(49)41-17-7-2-8-18-41/h1-37H. The van der Waals surface area contributed by atoms with E-state index in [0.717, 1.165) is 5.69 Å². The van der Waals surface area contributed by atoms with Gasteiger partial charge in [-0.3, -0.25) is 0 Å². The Morgan fingerprint density at radius 2 is 0.544 bits per heavy atom. The lowest BCUT2D eigenvalue weighted by atomic mass is 9.85. The molecule has 1 nitrogen and oxygen atoms in total. The van der Waals surface area contributed by atoms with Gasteiger partial charge >= 0.3 is 0 Å². The van der Waals surface area contributed by atoms with Crippen molar-refractivity contribution in [2.45, 2.75) is 0 Å². The van der Waals surface area contributed by atoms with E-state index in [2.05, 4.69) is 229 Å². The zero-order chi connectivity index (χ0) is 37.7. The number of benzene rings is 10. The molecular weight excluding hydrogens is 687 g/mol. The van der Waals surface area contributed by atoms with Crippen molar-refractivity contribution in [1.82, 2.24) is 4.57 Å². The fourth-order valence-corrected chi connectivity index (χ4v) is 8.91. The molecule has 11 rings (SSSR count). The second kappa shape index (κ2) is 13.7. The van der Waals surface area contributed by atoms with Crippen molar-refractivity contribution in [2.24, 2.45) is 0 Å². The van der Waals surface area contributed by atoms with Crippen LogP contribution in [0.25, 0.3) is 105 Å². The number of nitrogens with zero attached hydrogens (tertiary/aromatic N) is 1. The first-order valence-electron chi connectivity index (χ1n) is 19.7. The summed E-state index contributed by atoms with van der Waals surface area (Å²) in [6.45, 7) is 0. The van der Waals surface area contributed by atoms with E-state index in [9.17, 15) is 0 Å². The van der Waals surface area contributed by atoms with Crippen molar-refractivity contribution in [3.8, 4) is 61.3 Å². The predicted molar refractivity (Wildman–Crippen MR) is 243 cm³/mol. The van der Waals surface area contributed by atoms with Crippen LogP contribution in [0.15, 0.2) is 224 Å². The van der Waals surface area contributed by atoms with Crippen LogP contribution in [0, 0.1) is 0 Å². The Morgan fingerprint density at radius 3 is 1.07 bits per heavy atom. The Morgan fingerprint density at radius 1 is 0.211 bits per heavy atom. The molecule has 0 aliphatic heterocycles. The third kappa shape index (κ3) is 5.63. The minimum atomic E-state index is 1.16. The SMILES string of the molecule is c1ccc(-c2ccc(-c3ccc4c(c3)c3cc(-c5ccc6c(-c7ccccc7)c7ccccc7c(-c7ccccc7)c6c5)ccc3n4-c3ccccc3)cc2)cc1. The molecule has 1 aromatic heterocycles. The number of aromatic nitrogens is 1. The molecule has 0 aliphatic carbocycles. The summed E-state index contributed by atoms with van der Waals surface area (Å²) in [4.78, 5) is 0. The summed E-state index contributed by atoms with van der Waals surface area (Å²) in [6.07, 6.45) is 0. The van der Waals surface area contributed by atoms with E-state index in [4.69, 9.17) is 0 Å². The first-order chi connectivity index (χ1) is 28.3. The molecule has 0 radical (unpaired) electrons. The van der Waals surface area contributed by atoms with Crippen molar-refractivity contribution in [3.05, 3.63) is 224 Å². The molecule has 1 heteroatoms. The molecule has 266 valence electrons. The third-order valence-electron chi connectivity index (χ3n) is 11.6. The van der Waals surface area contributed by atoms with Gasteiger partial charge in [0.1, 0.15) is 0 Å². The molecule has 0 spiro atoms. The lowest BCUT2D eigenvalue weighted by molar-refractivity contribution is 1.18. The normalized spacial score (nSPS) is 11.5. The number of hydrogen-bond donors (Lipinski definition) is 0. The van der Waals surface area contributed by atoms with Crippen LogP contribution in [0.2, 0.25) is 0 Å². The highest BCUT2D eigenvalue weighted by Gasteiger charge is 2.19. The quantitative estimate of drug-likeness (QED) is 0.151. The summed E-state index contributed by atoms with van der Waals surface area (Å²) < 4.78 is 2.41. The maximum atomic E-state index is 2.42. The van der Waals surface area contributed by atoms with Gasteiger partial charge in [-0.1, -0.05) is 182 Å². The van der Waals surface area contributed by atoms with Gasteiger partial charge < -0.3 is 4.57 Å². The lowest BCUT2D eigenvalue weighted by Crippen LogP contribution is -1.93. The van der Waals surface area contributed by atoms with Gasteiger partial charge in [0.15, 0.2) is 0 Å². The largest absolute Gasteiger partial charge is 0.309 e. The minimum Gasteiger partial charge on any atom is -0.309 e. The second-order valence-electron chi connectivity index (χ2n) is 14.9. The molecule has 0 fully saturated rings. The molecule has 11 aromatic rings. The van der Waals surface area contributed by atoms with Gasteiger partial charge in [0.2, 0.25) is 0 Å². The Labute approximate surface area is 332 Å². The zero-order valence-corrected chi connectivity index (χ0v) is 31.3. The molecule has 0 unspecified atom stereocenters.